The molecule has 0 unspecified atom stereocenters. The molecule has 0 fully saturated rings. The standard InChI is InChI=1S/C11H11NO4S2/c1-3-18(15,16)7-6-17-11-5-4-10(12(13)14)8-9(11)2/h3-8H,1H2,2H3. The van der Waals surface area contributed by atoms with Crippen LogP contribution in [-0.4, -0.2) is 13.3 Å². The number of hydrogen-bond acceptors (Lipinski definition) is 5. The molecule has 1 aromatic rings. The molecular formula is C11H11NO4S2. The van der Waals surface area contributed by atoms with E-state index in [1.54, 1.807) is 13.0 Å². The molecule has 0 aliphatic rings. The molecule has 0 aromatic heterocycles. The van der Waals surface area contributed by atoms with Gasteiger partial charge in [-0.15, -0.1) is 0 Å². The molecule has 5 nitrogen and oxygen atoms in total. The Kier molecular flexibility index (Phi) is 4.69. The van der Waals surface area contributed by atoms with Gasteiger partial charge in [-0.05, 0) is 24.0 Å². The average molecular weight is 285 g/mol. The van der Waals surface area contributed by atoms with Crippen LogP contribution in [0.25, 0.3) is 0 Å². The van der Waals surface area contributed by atoms with E-state index in [9.17, 15) is 18.5 Å². The van der Waals surface area contributed by atoms with Gasteiger partial charge in [-0.1, -0.05) is 18.3 Å². The second kappa shape index (κ2) is 5.83. The fraction of sp³-hybridized carbons (Fsp3) is 0.0909. The lowest BCUT2D eigenvalue weighted by molar-refractivity contribution is -0.385. The summed E-state index contributed by atoms with van der Waals surface area (Å²) in [5.74, 6) is 0. The topological polar surface area (TPSA) is 77.3 Å². The summed E-state index contributed by atoms with van der Waals surface area (Å²) in [6, 6.07) is 4.41. The van der Waals surface area contributed by atoms with Crippen LogP contribution in [-0.2, 0) is 9.84 Å². The summed E-state index contributed by atoms with van der Waals surface area (Å²) in [6.45, 7) is 4.91. The van der Waals surface area contributed by atoms with Crippen LogP contribution >= 0.6 is 11.8 Å². The van der Waals surface area contributed by atoms with E-state index in [0.717, 1.165) is 21.3 Å². The van der Waals surface area contributed by atoms with Crippen LogP contribution in [0.5, 0.6) is 0 Å². The third-order valence-corrected chi connectivity index (χ3v) is 4.18. The van der Waals surface area contributed by atoms with Crippen LogP contribution in [0.15, 0.2) is 45.9 Å². The number of nitro benzene ring substituents is 1. The molecule has 0 N–H and O–H groups in total. The summed E-state index contributed by atoms with van der Waals surface area (Å²) in [5.41, 5.74) is 0.731. The third-order valence-electron chi connectivity index (χ3n) is 2.04. The molecule has 0 saturated heterocycles. The van der Waals surface area contributed by atoms with Crippen molar-refractivity contribution in [3.63, 3.8) is 0 Å². The van der Waals surface area contributed by atoms with E-state index in [-0.39, 0.29) is 5.69 Å². The van der Waals surface area contributed by atoms with Crippen molar-refractivity contribution in [3.8, 4) is 0 Å². The number of benzene rings is 1. The minimum absolute atomic E-state index is 0.0135. The van der Waals surface area contributed by atoms with Gasteiger partial charge in [0.15, 0.2) is 9.84 Å². The van der Waals surface area contributed by atoms with E-state index in [4.69, 9.17) is 0 Å². The second-order valence-corrected chi connectivity index (χ2v) is 6.08. The molecule has 7 heteroatoms. The van der Waals surface area contributed by atoms with E-state index in [1.807, 2.05) is 0 Å². The number of sulfone groups is 1. The molecular weight excluding hydrogens is 274 g/mol. The monoisotopic (exact) mass is 285 g/mol. The fourth-order valence-corrected chi connectivity index (χ4v) is 2.60. The molecule has 0 heterocycles. The second-order valence-electron chi connectivity index (χ2n) is 3.35. The van der Waals surface area contributed by atoms with Crippen molar-refractivity contribution in [2.45, 2.75) is 11.8 Å². The highest BCUT2D eigenvalue weighted by Gasteiger charge is 2.07. The Morgan fingerprint density at radius 3 is 2.61 bits per heavy atom. The first-order chi connectivity index (χ1) is 8.35. The first kappa shape index (κ1) is 14.5. The van der Waals surface area contributed by atoms with E-state index in [0.29, 0.717) is 0 Å². The zero-order valence-electron chi connectivity index (χ0n) is 9.57. The maximum Gasteiger partial charge on any atom is 0.269 e. The highest BCUT2D eigenvalue weighted by molar-refractivity contribution is 8.03. The lowest BCUT2D eigenvalue weighted by atomic mass is 10.2. The van der Waals surface area contributed by atoms with Crippen LogP contribution in [0, 0.1) is 17.0 Å². The van der Waals surface area contributed by atoms with Crippen molar-refractivity contribution < 1.29 is 13.3 Å². The number of nitro groups is 1. The predicted octanol–water partition coefficient (Wildman–Crippen LogP) is 3.02. The summed E-state index contributed by atoms with van der Waals surface area (Å²) in [7, 11) is -3.37. The van der Waals surface area contributed by atoms with E-state index >= 15 is 0 Å². The van der Waals surface area contributed by atoms with Gasteiger partial charge >= 0.3 is 0 Å². The zero-order valence-corrected chi connectivity index (χ0v) is 11.2. The van der Waals surface area contributed by atoms with Crippen LogP contribution in [0.2, 0.25) is 0 Å². The lowest BCUT2D eigenvalue weighted by Gasteiger charge is -2.01. The van der Waals surface area contributed by atoms with Gasteiger partial charge in [-0.3, -0.25) is 10.1 Å². The van der Waals surface area contributed by atoms with Crippen molar-refractivity contribution in [2.24, 2.45) is 0 Å². The molecule has 0 bridgehead atoms. The molecule has 0 spiro atoms. The van der Waals surface area contributed by atoms with Crippen molar-refractivity contribution in [3.05, 3.63) is 56.7 Å². The molecule has 0 aliphatic carbocycles. The van der Waals surface area contributed by atoms with Crippen LogP contribution in [0.3, 0.4) is 0 Å². The number of non-ortho nitro benzene ring substituents is 1. The van der Waals surface area contributed by atoms with Crippen molar-refractivity contribution in [1.82, 2.24) is 0 Å². The normalized spacial score (nSPS) is 11.6. The number of aryl methyl sites for hydroxylation is 1. The van der Waals surface area contributed by atoms with Crippen LogP contribution in [0.1, 0.15) is 5.56 Å². The summed E-state index contributed by atoms with van der Waals surface area (Å²) >= 11 is 1.18. The van der Waals surface area contributed by atoms with Gasteiger partial charge in [0, 0.05) is 27.8 Å². The van der Waals surface area contributed by atoms with Crippen LogP contribution < -0.4 is 0 Å². The van der Waals surface area contributed by atoms with E-state index in [2.05, 4.69) is 6.58 Å². The quantitative estimate of drug-likeness (QED) is 0.472. The number of nitrogens with zero attached hydrogens (tertiary/aromatic N) is 1. The molecule has 96 valence electrons. The highest BCUT2D eigenvalue weighted by Crippen LogP contribution is 2.27. The Morgan fingerprint density at radius 2 is 2.11 bits per heavy atom. The first-order valence-corrected chi connectivity index (χ1v) is 7.30. The highest BCUT2D eigenvalue weighted by atomic mass is 32.2. The van der Waals surface area contributed by atoms with Crippen molar-refractivity contribution in [2.75, 3.05) is 0 Å². The maximum absolute atomic E-state index is 11.1. The SMILES string of the molecule is C=CS(=O)(=O)C=CSc1ccc([N+](=O)[O-])cc1C. The van der Waals surface area contributed by atoms with Gasteiger partial charge in [0.2, 0.25) is 0 Å². The molecule has 18 heavy (non-hydrogen) atoms. The average Bonchev–Trinajstić information content (AvgIpc) is 2.31. The van der Waals surface area contributed by atoms with E-state index < -0.39 is 14.8 Å². The summed E-state index contributed by atoms with van der Waals surface area (Å²) in [6.07, 6.45) is 0. The third kappa shape index (κ3) is 4.01. The van der Waals surface area contributed by atoms with Crippen LogP contribution in [0.4, 0.5) is 5.69 Å². The minimum atomic E-state index is -3.37. The van der Waals surface area contributed by atoms with E-state index in [1.165, 1.54) is 29.3 Å². The summed E-state index contributed by atoms with van der Waals surface area (Å²) in [5, 5.41) is 13.8. The Labute approximate surface area is 109 Å². The van der Waals surface area contributed by atoms with Gasteiger partial charge in [0.25, 0.3) is 5.69 Å². The first-order valence-electron chi connectivity index (χ1n) is 4.81. The molecule has 0 radical (unpaired) electrons. The number of thioether (sulfide) groups is 1. The Hall–Kier alpha value is -1.60. The van der Waals surface area contributed by atoms with Gasteiger partial charge in [-0.2, -0.15) is 0 Å². The zero-order chi connectivity index (χ0) is 13.8. The number of hydrogen-bond donors (Lipinski definition) is 0. The molecule has 0 atom stereocenters. The Bertz CT molecular complexity index is 605. The van der Waals surface area contributed by atoms with Gasteiger partial charge in [0.05, 0.1) is 4.92 Å². The van der Waals surface area contributed by atoms with Gasteiger partial charge in [0.1, 0.15) is 0 Å². The fourth-order valence-electron chi connectivity index (χ4n) is 1.11. The molecule has 0 amide bonds. The van der Waals surface area contributed by atoms with Crippen molar-refractivity contribution >= 4 is 27.3 Å². The molecule has 0 aliphatic heterocycles. The molecule has 1 rings (SSSR count). The Balaban J connectivity index is 2.87. The lowest BCUT2D eigenvalue weighted by Crippen LogP contribution is -1.89. The summed E-state index contributed by atoms with van der Waals surface area (Å²) < 4.78 is 22.2. The predicted molar refractivity (Wildman–Crippen MR) is 71.9 cm³/mol. The smallest absolute Gasteiger partial charge is 0.258 e. The summed E-state index contributed by atoms with van der Waals surface area (Å²) in [4.78, 5) is 10.8. The molecule has 0 saturated carbocycles. The minimum Gasteiger partial charge on any atom is -0.258 e. The van der Waals surface area contributed by atoms with Crippen molar-refractivity contribution in [1.29, 1.82) is 0 Å². The largest absolute Gasteiger partial charge is 0.269 e. The molecule has 1 aromatic carbocycles. The number of rotatable bonds is 5. The maximum atomic E-state index is 11.1. The van der Waals surface area contributed by atoms with Gasteiger partial charge in [-0.25, -0.2) is 8.42 Å². The van der Waals surface area contributed by atoms with Gasteiger partial charge < -0.3 is 0 Å². The Morgan fingerprint density at radius 1 is 1.44 bits per heavy atom.